The fourth-order valence-electron chi connectivity index (χ4n) is 1.39. The van der Waals surface area contributed by atoms with E-state index in [4.69, 9.17) is 0 Å². The molecule has 0 aliphatic carbocycles. The molecule has 4 nitrogen and oxygen atoms in total. The third kappa shape index (κ3) is 5.62. The summed E-state index contributed by atoms with van der Waals surface area (Å²) < 4.78 is 49.8. The number of hydrogen-bond acceptors (Lipinski definition) is 4. The average Bonchev–Trinajstić information content (AvgIpc) is 2.38. The van der Waals surface area contributed by atoms with E-state index in [0.717, 1.165) is 36.4 Å². The van der Waals surface area contributed by atoms with Gasteiger partial charge in [-0.3, -0.25) is 0 Å². The molecule has 0 amide bonds. The quantitative estimate of drug-likeness (QED) is 0.522. The normalized spacial score (nSPS) is 9.22. The van der Waals surface area contributed by atoms with Crippen LogP contribution in [0.3, 0.4) is 0 Å². The molecule has 0 saturated carbocycles. The van der Waals surface area contributed by atoms with E-state index in [1.807, 2.05) is 0 Å². The van der Waals surface area contributed by atoms with E-state index in [2.05, 4.69) is 0 Å². The van der Waals surface area contributed by atoms with Crippen LogP contribution in [0.5, 0.6) is 0 Å². The fraction of sp³-hybridized carbons (Fsp3) is 0. The van der Waals surface area contributed by atoms with Crippen LogP contribution in [0.25, 0.3) is 0 Å². The van der Waals surface area contributed by atoms with Gasteiger partial charge in [-0.2, -0.15) is 0 Å². The summed E-state index contributed by atoms with van der Waals surface area (Å²) in [5.41, 5.74) is -2.04. The molecule has 23 heavy (non-hydrogen) atoms. The Balaban J connectivity index is 0.000000403. The van der Waals surface area contributed by atoms with Crippen LogP contribution in [-0.4, -0.2) is 11.9 Å². The first-order chi connectivity index (χ1) is 10.3. The number of benzene rings is 2. The third-order valence-corrected chi connectivity index (χ3v) is 2.33. The van der Waals surface area contributed by atoms with Gasteiger partial charge >= 0.3 is 27.3 Å². The van der Waals surface area contributed by atoms with Crippen molar-refractivity contribution in [3.05, 3.63) is 70.8 Å². The number of carbonyl (C=O) groups is 2. The molecule has 2 aromatic rings. The number of rotatable bonds is 2. The molecule has 0 bridgehead atoms. The van der Waals surface area contributed by atoms with Crippen molar-refractivity contribution in [2.75, 3.05) is 0 Å². The van der Waals surface area contributed by atoms with Crippen LogP contribution >= 0.6 is 0 Å². The number of aromatic carboxylic acids is 2. The molecule has 2 aromatic carbocycles. The fourth-order valence-corrected chi connectivity index (χ4v) is 1.39. The van der Waals surface area contributed by atoms with E-state index < -0.39 is 46.3 Å². The van der Waals surface area contributed by atoms with E-state index >= 15 is 0 Å². The molecule has 0 saturated heterocycles. The van der Waals surface area contributed by atoms with Crippen LogP contribution in [-0.2, 0) is 27.3 Å². The van der Waals surface area contributed by atoms with Crippen molar-refractivity contribution in [1.82, 2.24) is 0 Å². The van der Waals surface area contributed by atoms with Crippen molar-refractivity contribution in [2.24, 2.45) is 0 Å². The van der Waals surface area contributed by atoms with Gasteiger partial charge in [0, 0.05) is 0 Å². The second kappa shape index (κ2) is 9.23. The molecule has 0 fully saturated rings. The van der Waals surface area contributed by atoms with Gasteiger partial charge in [-0.1, -0.05) is 12.1 Å². The molecule has 0 heterocycles. The second-order valence-electron chi connectivity index (χ2n) is 3.77. The van der Waals surface area contributed by atoms with Gasteiger partial charge in [0.05, 0.1) is 23.1 Å². The van der Waals surface area contributed by atoms with Gasteiger partial charge in [-0.15, -0.1) is 0 Å². The number of hydrogen-bond donors (Lipinski definition) is 0. The van der Waals surface area contributed by atoms with E-state index in [1.54, 1.807) is 0 Å². The Morgan fingerprint density at radius 3 is 1.00 bits per heavy atom. The second-order valence-corrected chi connectivity index (χ2v) is 3.77. The summed E-state index contributed by atoms with van der Waals surface area (Å²) in [4.78, 5) is 20.1. The Bertz CT molecular complexity index is 620. The zero-order valence-electron chi connectivity index (χ0n) is 11.3. The Labute approximate surface area is 147 Å². The van der Waals surface area contributed by atoms with E-state index in [0.29, 0.717) is 0 Å². The van der Waals surface area contributed by atoms with Gasteiger partial charge < -0.3 is 19.8 Å². The molecular weight excluding hydrogens is 421 g/mol. The van der Waals surface area contributed by atoms with Crippen molar-refractivity contribution < 1.29 is 64.7 Å². The maximum atomic E-state index is 12.4. The third-order valence-electron chi connectivity index (χ3n) is 2.33. The summed E-state index contributed by atoms with van der Waals surface area (Å²) >= 11 is 0. The van der Waals surface area contributed by atoms with Crippen molar-refractivity contribution >= 4 is 11.9 Å². The van der Waals surface area contributed by atoms with Crippen LogP contribution in [0.1, 0.15) is 20.7 Å². The first kappa shape index (κ1) is 21.0. The summed E-state index contributed by atoms with van der Waals surface area (Å²) in [6.45, 7) is 0. The number of halogens is 4. The Kier molecular flexibility index (Phi) is 8.43. The SMILES string of the molecule is O=C([O-])c1c(F)cccc1F.O=C([O-])c1c(F)cccc1F.[Cd+2]. The molecule has 9 heteroatoms. The van der Waals surface area contributed by atoms with Gasteiger partial charge in [0.25, 0.3) is 0 Å². The topological polar surface area (TPSA) is 80.3 Å². The molecule has 0 aromatic heterocycles. The molecule has 116 valence electrons. The van der Waals surface area contributed by atoms with E-state index in [1.165, 1.54) is 0 Å². The van der Waals surface area contributed by atoms with Gasteiger partial charge in [0.15, 0.2) is 0 Å². The van der Waals surface area contributed by atoms with E-state index in [-0.39, 0.29) is 27.3 Å². The molecule has 0 aliphatic heterocycles. The van der Waals surface area contributed by atoms with Crippen LogP contribution in [0, 0.1) is 23.3 Å². The maximum Gasteiger partial charge on any atom is 2.00 e. The van der Waals surface area contributed by atoms with Crippen molar-refractivity contribution in [1.29, 1.82) is 0 Å². The number of carboxylic acids is 2. The summed E-state index contributed by atoms with van der Waals surface area (Å²) in [6.07, 6.45) is 0. The van der Waals surface area contributed by atoms with Crippen molar-refractivity contribution in [2.45, 2.75) is 0 Å². The molecular formula is C14H6CdF4O4. The molecule has 2 rings (SSSR count). The monoisotopic (exact) mass is 428 g/mol. The smallest absolute Gasteiger partial charge is 0.545 e. The number of carboxylic acid groups (broad SMARTS) is 2. The zero-order chi connectivity index (χ0) is 16.9. The minimum atomic E-state index is -1.85. The van der Waals surface area contributed by atoms with Gasteiger partial charge in [-0.05, 0) is 24.3 Å². The van der Waals surface area contributed by atoms with Crippen LogP contribution in [0.4, 0.5) is 17.6 Å². The molecule has 0 atom stereocenters. The largest absolute Gasteiger partial charge is 2.00 e. The average molecular weight is 427 g/mol. The zero-order valence-corrected chi connectivity index (χ0v) is 15.4. The molecule has 0 unspecified atom stereocenters. The number of carbonyl (C=O) groups excluding carboxylic acids is 2. The predicted molar refractivity (Wildman–Crippen MR) is 61.4 cm³/mol. The summed E-state index contributed by atoms with van der Waals surface area (Å²) in [7, 11) is 0. The first-order valence-electron chi connectivity index (χ1n) is 5.56. The van der Waals surface area contributed by atoms with Crippen molar-refractivity contribution in [3.8, 4) is 0 Å². The Morgan fingerprint density at radius 1 is 0.652 bits per heavy atom. The molecule has 0 radical (unpaired) electrons. The van der Waals surface area contributed by atoms with E-state index in [9.17, 15) is 37.4 Å². The van der Waals surface area contributed by atoms with Crippen molar-refractivity contribution in [3.63, 3.8) is 0 Å². The van der Waals surface area contributed by atoms with Crippen LogP contribution in [0.2, 0.25) is 0 Å². The first-order valence-corrected chi connectivity index (χ1v) is 5.56. The molecule has 0 spiro atoms. The standard InChI is InChI=1S/2C7H4F2O2.Cd/c2*8-4-2-1-3-5(9)6(4)7(10)11;/h2*1-3H,(H,10,11);/q;;+2/p-2. The van der Waals surface area contributed by atoms with Crippen LogP contribution < -0.4 is 10.2 Å². The summed E-state index contributed by atoms with van der Waals surface area (Å²) in [6, 6.07) is 5.58. The minimum absolute atomic E-state index is 0. The maximum absolute atomic E-state index is 12.4. The molecule has 0 N–H and O–H groups in total. The van der Waals surface area contributed by atoms with Gasteiger partial charge in [0.1, 0.15) is 23.3 Å². The Morgan fingerprint density at radius 2 is 0.870 bits per heavy atom. The molecule has 0 aliphatic rings. The van der Waals surface area contributed by atoms with Gasteiger partial charge in [-0.25, -0.2) is 17.6 Å². The predicted octanol–water partition coefficient (Wildman–Crippen LogP) is 0.654. The Hall–Kier alpha value is -1.98. The minimum Gasteiger partial charge on any atom is -0.545 e. The summed E-state index contributed by atoms with van der Waals surface area (Å²) in [5.74, 6) is -8.17. The van der Waals surface area contributed by atoms with Crippen LogP contribution in [0.15, 0.2) is 36.4 Å². The van der Waals surface area contributed by atoms with Gasteiger partial charge in [0.2, 0.25) is 0 Å². The summed E-state index contributed by atoms with van der Waals surface area (Å²) in [5, 5.41) is 20.1.